The Hall–Kier alpha value is -1.71. The van der Waals surface area contributed by atoms with E-state index in [0.717, 1.165) is 0 Å². The number of nitrogens with one attached hydrogen (secondary N) is 1. The first-order valence-electron chi connectivity index (χ1n) is 6.80. The second kappa shape index (κ2) is 6.16. The topological polar surface area (TPSA) is 38.0 Å². The van der Waals surface area contributed by atoms with Gasteiger partial charge in [-0.15, -0.1) is 0 Å². The largest absolute Gasteiger partial charge is 0.271 e. The molecule has 3 N–H and O–H groups in total. The molecule has 3 heteroatoms. The van der Waals surface area contributed by atoms with Crippen molar-refractivity contribution in [1.82, 2.24) is 5.43 Å². The lowest BCUT2D eigenvalue weighted by atomic mass is 9.92. The summed E-state index contributed by atoms with van der Waals surface area (Å²) in [6.07, 6.45) is 0.676. The van der Waals surface area contributed by atoms with E-state index < -0.39 is 0 Å². The first-order valence-corrected chi connectivity index (χ1v) is 6.80. The number of hydrogen-bond donors (Lipinski definition) is 2. The maximum atomic E-state index is 13.9. The van der Waals surface area contributed by atoms with Gasteiger partial charge in [-0.05, 0) is 49.9 Å². The van der Waals surface area contributed by atoms with Gasteiger partial charge < -0.3 is 0 Å². The van der Waals surface area contributed by atoms with Gasteiger partial charge in [0.15, 0.2) is 0 Å². The predicted octanol–water partition coefficient (Wildman–Crippen LogP) is 3.50. The molecule has 0 heterocycles. The minimum absolute atomic E-state index is 0.224. The summed E-state index contributed by atoms with van der Waals surface area (Å²) in [7, 11) is 0. The van der Waals surface area contributed by atoms with E-state index in [-0.39, 0.29) is 11.9 Å². The lowest BCUT2D eigenvalue weighted by Gasteiger charge is -2.20. The van der Waals surface area contributed by atoms with Crippen LogP contribution in [0.15, 0.2) is 36.4 Å². The highest BCUT2D eigenvalue weighted by atomic mass is 19.1. The quantitative estimate of drug-likeness (QED) is 0.660. The van der Waals surface area contributed by atoms with Crippen molar-refractivity contribution in [3.05, 3.63) is 70.0 Å². The Morgan fingerprint density at radius 2 is 1.70 bits per heavy atom. The predicted molar refractivity (Wildman–Crippen MR) is 80.8 cm³/mol. The van der Waals surface area contributed by atoms with Crippen LogP contribution < -0.4 is 11.3 Å². The average molecular weight is 272 g/mol. The zero-order valence-corrected chi connectivity index (χ0v) is 12.2. The molecule has 0 aliphatic carbocycles. The molecule has 0 saturated carbocycles. The van der Waals surface area contributed by atoms with Gasteiger partial charge in [-0.3, -0.25) is 11.3 Å². The highest BCUT2D eigenvalue weighted by Crippen LogP contribution is 2.25. The standard InChI is InChI=1S/C17H21FN2/c1-11-8-12(2)15(13(3)9-11)10-17(20-19)14-6-4-5-7-16(14)18/h4-9,17,20H,10,19H2,1-3H3. The zero-order chi connectivity index (χ0) is 14.7. The third kappa shape index (κ3) is 3.06. The molecule has 2 rings (SSSR count). The van der Waals surface area contributed by atoms with Crippen molar-refractivity contribution in [2.75, 3.05) is 0 Å². The first-order chi connectivity index (χ1) is 9.52. The van der Waals surface area contributed by atoms with Crippen molar-refractivity contribution < 1.29 is 4.39 Å². The fourth-order valence-corrected chi connectivity index (χ4v) is 2.75. The molecular weight excluding hydrogens is 251 g/mol. The number of rotatable bonds is 4. The SMILES string of the molecule is Cc1cc(C)c(CC(NN)c2ccccc2F)c(C)c1. The van der Waals surface area contributed by atoms with E-state index in [9.17, 15) is 4.39 Å². The lowest BCUT2D eigenvalue weighted by molar-refractivity contribution is 0.509. The Bertz CT molecular complexity index is 585. The summed E-state index contributed by atoms with van der Waals surface area (Å²) in [5, 5.41) is 0. The molecule has 0 radical (unpaired) electrons. The lowest BCUT2D eigenvalue weighted by Crippen LogP contribution is -2.30. The summed E-state index contributed by atoms with van der Waals surface area (Å²) >= 11 is 0. The number of benzene rings is 2. The Morgan fingerprint density at radius 3 is 2.25 bits per heavy atom. The van der Waals surface area contributed by atoms with Crippen LogP contribution in [0.1, 0.15) is 33.9 Å². The van der Waals surface area contributed by atoms with E-state index in [1.165, 1.54) is 28.3 Å². The zero-order valence-electron chi connectivity index (χ0n) is 12.2. The molecule has 0 bridgehead atoms. The molecule has 0 fully saturated rings. The van der Waals surface area contributed by atoms with Crippen LogP contribution in [0.2, 0.25) is 0 Å². The molecule has 1 atom stereocenters. The van der Waals surface area contributed by atoms with Crippen molar-refractivity contribution in [3.8, 4) is 0 Å². The van der Waals surface area contributed by atoms with Crippen LogP contribution in [0.3, 0.4) is 0 Å². The molecule has 2 aromatic carbocycles. The van der Waals surface area contributed by atoms with Gasteiger partial charge >= 0.3 is 0 Å². The Kier molecular flexibility index (Phi) is 4.53. The average Bonchev–Trinajstić information content (AvgIpc) is 2.39. The number of aryl methyl sites for hydroxylation is 3. The maximum Gasteiger partial charge on any atom is 0.128 e. The summed E-state index contributed by atoms with van der Waals surface area (Å²) in [6.45, 7) is 6.26. The van der Waals surface area contributed by atoms with E-state index in [1.54, 1.807) is 12.1 Å². The van der Waals surface area contributed by atoms with Crippen LogP contribution in [-0.2, 0) is 6.42 Å². The Morgan fingerprint density at radius 1 is 1.10 bits per heavy atom. The second-order valence-electron chi connectivity index (χ2n) is 5.32. The minimum atomic E-state index is -0.226. The maximum absolute atomic E-state index is 13.9. The number of halogens is 1. The third-order valence-electron chi connectivity index (χ3n) is 3.73. The van der Waals surface area contributed by atoms with Gasteiger partial charge in [0.25, 0.3) is 0 Å². The molecule has 0 aromatic heterocycles. The van der Waals surface area contributed by atoms with E-state index in [1.807, 2.05) is 6.07 Å². The van der Waals surface area contributed by atoms with Crippen molar-refractivity contribution in [3.63, 3.8) is 0 Å². The molecule has 0 saturated heterocycles. The van der Waals surface area contributed by atoms with Gasteiger partial charge in [-0.2, -0.15) is 0 Å². The fourth-order valence-electron chi connectivity index (χ4n) is 2.75. The summed E-state index contributed by atoms with van der Waals surface area (Å²) in [6, 6.07) is 10.8. The molecule has 0 aliphatic rings. The van der Waals surface area contributed by atoms with E-state index in [0.29, 0.717) is 12.0 Å². The summed E-state index contributed by atoms with van der Waals surface area (Å²) in [5.74, 6) is 5.41. The van der Waals surface area contributed by atoms with Gasteiger partial charge in [-0.25, -0.2) is 4.39 Å². The Balaban J connectivity index is 2.35. The number of nitrogens with two attached hydrogens (primary N) is 1. The summed E-state index contributed by atoms with van der Waals surface area (Å²) in [5.41, 5.74) is 8.25. The van der Waals surface area contributed by atoms with Gasteiger partial charge in [0.1, 0.15) is 5.82 Å². The molecule has 1 unspecified atom stereocenters. The van der Waals surface area contributed by atoms with Crippen LogP contribution in [-0.4, -0.2) is 0 Å². The van der Waals surface area contributed by atoms with Gasteiger partial charge in [0.2, 0.25) is 0 Å². The fraction of sp³-hybridized carbons (Fsp3) is 0.294. The van der Waals surface area contributed by atoms with E-state index >= 15 is 0 Å². The molecule has 0 aliphatic heterocycles. The van der Waals surface area contributed by atoms with Gasteiger partial charge in [0.05, 0.1) is 6.04 Å². The van der Waals surface area contributed by atoms with Crippen LogP contribution in [0.4, 0.5) is 4.39 Å². The number of hydrazine groups is 1. The third-order valence-corrected chi connectivity index (χ3v) is 3.73. The Labute approximate surface area is 119 Å². The van der Waals surface area contributed by atoms with Crippen LogP contribution in [0.25, 0.3) is 0 Å². The highest BCUT2D eigenvalue weighted by Gasteiger charge is 2.16. The van der Waals surface area contributed by atoms with Crippen molar-refractivity contribution in [2.45, 2.75) is 33.2 Å². The highest BCUT2D eigenvalue weighted by molar-refractivity contribution is 5.39. The molecule has 106 valence electrons. The van der Waals surface area contributed by atoms with Crippen LogP contribution >= 0.6 is 0 Å². The van der Waals surface area contributed by atoms with Gasteiger partial charge in [-0.1, -0.05) is 35.9 Å². The molecule has 0 amide bonds. The first kappa shape index (κ1) is 14.7. The van der Waals surface area contributed by atoms with Crippen LogP contribution in [0, 0.1) is 26.6 Å². The van der Waals surface area contributed by atoms with E-state index in [4.69, 9.17) is 5.84 Å². The second-order valence-corrected chi connectivity index (χ2v) is 5.32. The van der Waals surface area contributed by atoms with E-state index in [2.05, 4.69) is 38.3 Å². The molecule has 20 heavy (non-hydrogen) atoms. The number of hydrogen-bond acceptors (Lipinski definition) is 2. The summed E-state index contributed by atoms with van der Waals surface area (Å²) < 4.78 is 13.9. The van der Waals surface area contributed by atoms with Crippen LogP contribution in [0.5, 0.6) is 0 Å². The molecule has 2 aromatic rings. The smallest absolute Gasteiger partial charge is 0.128 e. The normalized spacial score (nSPS) is 12.4. The monoisotopic (exact) mass is 272 g/mol. The van der Waals surface area contributed by atoms with Crippen molar-refractivity contribution in [2.24, 2.45) is 5.84 Å². The molecule has 2 nitrogen and oxygen atoms in total. The van der Waals surface area contributed by atoms with Gasteiger partial charge in [0, 0.05) is 5.56 Å². The summed E-state index contributed by atoms with van der Waals surface area (Å²) in [4.78, 5) is 0. The minimum Gasteiger partial charge on any atom is -0.271 e. The van der Waals surface area contributed by atoms with Crippen molar-refractivity contribution in [1.29, 1.82) is 0 Å². The van der Waals surface area contributed by atoms with Crippen molar-refractivity contribution >= 4 is 0 Å². The molecular formula is C17H21FN2. The molecule has 0 spiro atoms.